The normalized spacial score (nSPS) is 10.5. The van der Waals surface area contributed by atoms with Crippen LogP contribution in [0.5, 0.6) is 11.5 Å². The van der Waals surface area contributed by atoms with Crippen LogP contribution in [-0.2, 0) is 11.2 Å². The lowest BCUT2D eigenvalue weighted by molar-refractivity contribution is -0.121. The molecule has 6 nitrogen and oxygen atoms in total. The number of carbonyl (C=O) groups is 1. The van der Waals surface area contributed by atoms with Crippen LogP contribution < -0.4 is 14.8 Å². The highest BCUT2D eigenvalue weighted by Gasteiger charge is 2.06. The Hall–Kier alpha value is -3.28. The lowest BCUT2D eigenvalue weighted by Crippen LogP contribution is -2.26. The van der Waals surface area contributed by atoms with Crippen molar-refractivity contribution in [2.75, 3.05) is 19.8 Å². The molecular formula is C23H27N3O3. The Balaban J connectivity index is 1.33. The molecule has 0 atom stereocenters. The molecule has 3 aromatic rings. The number of carbonyl (C=O) groups excluding carboxylic acids is 1. The van der Waals surface area contributed by atoms with E-state index in [4.69, 9.17) is 9.47 Å². The molecule has 0 aliphatic heterocycles. The molecule has 6 heteroatoms. The van der Waals surface area contributed by atoms with Crippen molar-refractivity contribution in [2.24, 2.45) is 0 Å². The number of benzene rings is 2. The Labute approximate surface area is 171 Å². The number of rotatable bonds is 11. The number of hydrogen-bond acceptors (Lipinski definition) is 4. The first-order valence-electron chi connectivity index (χ1n) is 9.97. The van der Waals surface area contributed by atoms with E-state index in [0.29, 0.717) is 44.8 Å². The van der Waals surface area contributed by atoms with E-state index in [0.717, 1.165) is 17.1 Å². The molecule has 1 N–H and O–H groups in total. The van der Waals surface area contributed by atoms with Gasteiger partial charge in [0.1, 0.15) is 0 Å². The van der Waals surface area contributed by atoms with E-state index in [1.807, 2.05) is 78.5 Å². The van der Waals surface area contributed by atoms with Crippen LogP contribution in [0.25, 0.3) is 5.69 Å². The fraction of sp³-hybridized carbons (Fsp3) is 0.304. The third-order valence-electron chi connectivity index (χ3n) is 4.32. The van der Waals surface area contributed by atoms with E-state index < -0.39 is 0 Å². The molecule has 0 bridgehead atoms. The molecule has 1 heterocycles. The molecule has 152 valence electrons. The highest BCUT2D eigenvalue weighted by molar-refractivity contribution is 5.75. The fourth-order valence-corrected chi connectivity index (χ4v) is 2.90. The van der Waals surface area contributed by atoms with E-state index >= 15 is 0 Å². The van der Waals surface area contributed by atoms with E-state index in [-0.39, 0.29) is 5.91 Å². The summed E-state index contributed by atoms with van der Waals surface area (Å²) >= 11 is 0. The minimum absolute atomic E-state index is 0.0224. The third kappa shape index (κ3) is 6.38. The molecule has 29 heavy (non-hydrogen) atoms. The van der Waals surface area contributed by atoms with Gasteiger partial charge in [0.25, 0.3) is 0 Å². The number of hydrogen-bond donors (Lipinski definition) is 1. The first-order valence-corrected chi connectivity index (χ1v) is 9.97. The molecule has 0 unspecified atom stereocenters. The molecule has 0 saturated heterocycles. The Morgan fingerprint density at radius 3 is 2.48 bits per heavy atom. The van der Waals surface area contributed by atoms with Gasteiger partial charge in [-0.25, -0.2) is 4.68 Å². The molecule has 3 rings (SSSR count). The molecule has 1 amide bonds. The highest BCUT2D eigenvalue weighted by atomic mass is 16.5. The Morgan fingerprint density at radius 1 is 1.00 bits per heavy atom. The summed E-state index contributed by atoms with van der Waals surface area (Å²) in [6, 6.07) is 19.5. The molecule has 0 spiro atoms. The number of nitrogens with one attached hydrogen (secondary N) is 1. The van der Waals surface area contributed by atoms with Crippen molar-refractivity contribution in [3.05, 3.63) is 72.6 Å². The van der Waals surface area contributed by atoms with Crippen LogP contribution in [0.1, 0.15) is 25.5 Å². The molecule has 1 aromatic heterocycles. The SMILES string of the molecule is CCOc1ccccc1OCCCC(=O)NCCc1ccn(-c2ccccc2)n1. The molecular weight excluding hydrogens is 366 g/mol. The minimum Gasteiger partial charge on any atom is -0.490 e. The van der Waals surface area contributed by atoms with Crippen molar-refractivity contribution in [2.45, 2.75) is 26.2 Å². The van der Waals surface area contributed by atoms with Crippen LogP contribution in [0.4, 0.5) is 0 Å². The zero-order chi connectivity index (χ0) is 20.3. The van der Waals surface area contributed by atoms with Crippen molar-refractivity contribution in [1.82, 2.24) is 15.1 Å². The summed E-state index contributed by atoms with van der Waals surface area (Å²) in [5.74, 6) is 1.47. The number of aromatic nitrogens is 2. The maximum atomic E-state index is 12.0. The molecule has 0 fully saturated rings. The van der Waals surface area contributed by atoms with Gasteiger partial charge in [0.15, 0.2) is 11.5 Å². The van der Waals surface area contributed by atoms with E-state index in [2.05, 4.69) is 10.4 Å². The third-order valence-corrected chi connectivity index (χ3v) is 4.32. The maximum absolute atomic E-state index is 12.0. The first kappa shape index (κ1) is 20.5. The van der Waals surface area contributed by atoms with Gasteiger partial charge in [-0.1, -0.05) is 30.3 Å². The summed E-state index contributed by atoms with van der Waals surface area (Å²) in [6.07, 6.45) is 3.71. The molecule has 0 aliphatic rings. The quantitative estimate of drug-likeness (QED) is 0.504. The zero-order valence-corrected chi connectivity index (χ0v) is 16.7. The molecule has 2 aromatic carbocycles. The predicted molar refractivity (Wildman–Crippen MR) is 113 cm³/mol. The van der Waals surface area contributed by atoms with Gasteiger partial charge in [-0.15, -0.1) is 0 Å². The standard InChI is InChI=1S/C23H27N3O3/c1-2-28-21-11-6-7-12-22(21)29-18-8-13-23(27)24-16-14-19-15-17-26(25-19)20-9-4-3-5-10-20/h3-7,9-12,15,17H,2,8,13-14,16,18H2,1H3,(H,24,27). The van der Waals surface area contributed by atoms with Gasteiger partial charge in [0.05, 0.1) is 24.6 Å². The maximum Gasteiger partial charge on any atom is 0.220 e. The van der Waals surface area contributed by atoms with Crippen LogP contribution in [0.2, 0.25) is 0 Å². The van der Waals surface area contributed by atoms with E-state index in [9.17, 15) is 4.79 Å². The van der Waals surface area contributed by atoms with Crippen LogP contribution in [0, 0.1) is 0 Å². The predicted octanol–water partition coefficient (Wildman–Crippen LogP) is 3.79. The van der Waals surface area contributed by atoms with Crippen molar-refractivity contribution < 1.29 is 14.3 Å². The number of para-hydroxylation sites is 3. The summed E-state index contributed by atoms with van der Waals surface area (Å²) in [4.78, 5) is 12.0. The van der Waals surface area contributed by atoms with Crippen molar-refractivity contribution in [1.29, 1.82) is 0 Å². The molecule has 0 radical (unpaired) electrons. The van der Waals surface area contributed by atoms with Gasteiger partial charge in [-0.05, 0) is 43.7 Å². The number of ether oxygens (including phenoxy) is 2. The fourth-order valence-electron chi connectivity index (χ4n) is 2.90. The average molecular weight is 393 g/mol. The van der Waals surface area contributed by atoms with Crippen LogP contribution in [-0.4, -0.2) is 35.4 Å². The lowest BCUT2D eigenvalue weighted by Gasteiger charge is -2.11. The second kappa shape index (κ2) is 10.9. The topological polar surface area (TPSA) is 65.4 Å². The second-order valence-electron chi connectivity index (χ2n) is 6.52. The van der Waals surface area contributed by atoms with Gasteiger partial charge >= 0.3 is 0 Å². The smallest absolute Gasteiger partial charge is 0.220 e. The Morgan fingerprint density at radius 2 is 1.72 bits per heavy atom. The largest absolute Gasteiger partial charge is 0.490 e. The van der Waals surface area contributed by atoms with Crippen molar-refractivity contribution >= 4 is 5.91 Å². The van der Waals surface area contributed by atoms with Crippen molar-refractivity contribution in [3.8, 4) is 17.2 Å². The van der Waals surface area contributed by atoms with Gasteiger partial charge < -0.3 is 14.8 Å². The van der Waals surface area contributed by atoms with Crippen LogP contribution in [0.15, 0.2) is 66.9 Å². The zero-order valence-electron chi connectivity index (χ0n) is 16.7. The first-order chi connectivity index (χ1) is 14.3. The summed E-state index contributed by atoms with van der Waals surface area (Å²) in [5.41, 5.74) is 1.97. The average Bonchev–Trinajstić information content (AvgIpc) is 3.22. The summed E-state index contributed by atoms with van der Waals surface area (Å²) in [6.45, 7) is 3.57. The Kier molecular flexibility index (Phi) is 7.69. The number of nitrogens with zero attached hydrogens (tertiary/aromatic N) is 2. The monoisotopic (exact) mass is 393 g/mol. The van der Waals surface area contributed by atoms with Crippen LogP contribution in [0.3, 0.4) is 0 Å². The van der Waals surface area contributed by atoms with Gasteiger partial charge in [0, 0.05) is 25.6 Å². The highest BCUT2D eigenvalue weighted by Crippen LogP contribution is 2.26. The van der Waals surface area contributed by atoms with E-state index in [1.165, 1.54) is 0 Å². The van der Waals surface area contributed by atoms with Gasteiger partial charge in [0.2, 0.25) is 5.91 Å². The summed E-state index contributed by atoms with van der Waals surface area (Å²) in [7, 11) is 0. The van der Waals surface area contributed by atoms with Gasteiger partial charge in [-0.3, -0.25) is 4.79 Å². The summed E-state index contributed by atoms with van der Waals surface area (Å²) < 4.78 is 13.1. The molecule has 0 aliphatic carbocycles. The van der Waals surface area contributed by atoms with E-state index in [1.54, 1.807) is 0 Å². The van der Waals surface area contributed by atoms with Crippen molar-refractivity contribution in [3.63, 3.8) is 0 Å². The van der Waals surface area contributed by atoms with Gasteiger partial charge in [-0.2, -0.15) is 5.10 Å². The number of amides is 1. The minimum atomic E-state index is 0.0224. The second-order valence-corrected chi connectivity index (χ2v) is 6.52. The lowest BCUT2D eigenvalue weighted by atomic mass is 10.2. The molecule has 0 saturated carbocycles. The Bertz CT molecular complexity index is 893. The van der Waals surface area contributed by atoms with Crippen LogP contribution >= 0.6 is 0 Å². The summed E-state index contributed by atoms with van der Waals surface area (Å²) in [5, 5.41) is 7.49.